The van der Waals surface area contributed by atoms with Gasteiger partial charge in [0.05, 0.1) is 23.9 Å². The lowest BCUT2D eigenvalue weighted by Gasteiger charge is -2.12. The number of fused-ring (bicyclic) bond motifs is 1. The Morgan fingerprint density at radius 2 is 2.39 bits per heavy atom. The number of methoxy groups -OCH3 is 1. The van der Waals surface area contributed by atoms with Crippen LogP contribution in [-0.2, 0) is 20.8 Å². The molecule has 0 unspecified atom stereocenters. The molecule has 0 bridgehead atoms. The first-order valence-electron chi connectivity index (χ1n) is 6.87. The van der Waals surface area contributed by atoms with Crippen LogP contribution in [0.2, 0.25) is 0 Å². The lowest BCUT2D eigenvalue weighted by atomic mass is 10.3. The summed E-state index contributed by atoms with van der Waals surface area (Å²) in [6.45, 7) is 1.08. The van der Waals surface area contributed by atoms with Crippen molar-refractivity contribution in [2.75, 3.05) is 20.3 Å². The summed E-state index contributed by atoms with van der Waals surface area (Å²) in [6.07, 6.45) is 6.72. The van der Waals surface area contributed by atoms with Gasteiger partial charge in [-0.3, -0.25) is 4.79 Å². The van der Waals surface area contributed by atoms with Gasteiger partial charge < -0.3 is 18.8 Å². The van der Waals surface area contributed by atoms with Gasteiger partial charge in [-0.15, -0.1) is 6.42 Å². The molecule has 0 radical (unpaired) electrons. The minimum Gasteiger partial charge on any atom is -0.497 e. The standard InChI is InChI=1S/C16H14N2O4S/c1-3-6-18-12-5-4-11(20-2)9-14(12)23-16(18)17-15(19)13-10-21-7-8-22-13/h1,4-5,9-10H,6-8H2,2H3. The molecule has 0 spiro atoms. The molecule has 0 aliphatic carbocycles. The fourth-order valence-corrected chi connectivity index (χ4v) is 3.19. The van der Waals surface area contributed by atoms with Gasteiger partial charge in [-0.1, -0.05) is 17.3 Å². The van der Waals surface area contributed by atoms with Crippen LogP contribution in [0.5, 0.6) is 5.75 Å². The minimum atomic E-state index is -0.492. The van der Waals surface area contributed by atoms with Crippen molar-refractivity contribution in [1.29, 1.82) is 0 Å². The number of carbonyl (C=O) groups excluding carboxylic acids is 1. The third-order valence-electron chi connectivity index (χ3n) is 3.20. The average molecular weight is 330 g/mol. The summed E-state index contributed by atoms with van der Waals surface area (Å²) in [5.41, 5.74) is 0.898. The summed E-state index contributed by atoms with van der Waals surface area (Å²) < 4.78 is 18.3. The average Bonchev–Trinajstić information content (AvgIpc) is 2.92. The number of carbonyl (C=O) groups is 1. The molecular formula is C16H14N2O4S. The minimum absolute atomic E-state index is 0.0959. The zero-order valence-corrected chi connectivity index (χ0v) is 13.3. The maximum Gasteiger partial charge on any atom is 0.317 e. The van der Waals surface area contributed by atoms with Gasteiger partial charge in [0, 0.05) is 0 Å². The first kappa shape index (κ1) is 15.2. The molecule has 0 N–H and O–H groups in total. The van der Waals surface area contributed by atoms with Gasteiger partial charge in [-0.25, -0.2) is 0 Å². The lowest BCUT2D eigenvalue weighted by Crippen LogP contribution is -2.19. The predicted molar refractivity (Wildman–Crippen MR) is 85.8 cm³/mol. The molecule has 1 aromatic carbocycles. The van der Waals surface area contributed by atoms with E-state index in [1.54, 1.807) is 7.11 Å². The number of thiazole rings is 1. The second-order valence-corrected chi connectivity index (χ2v) is 5.64. The molecule has 1 aliphatic heterocycles. The van der Waals surface area contributed by atoms with Crippen LogP contribution in [0, 0.1) is 12.3 Å². The molecule has 1 aromatic heterocycles. The van der Waals surface area contributed by atoms with Gasteiger partial charge in [0.2, 0.25) is 5.76 Å². The second kappa shape index (κ2) is 6.58. The summed E-state index contributed by atoms with van der Waals surface area (Å²) in [7, 11) is 1.60. The molecule has 0 atom stereocenters. The number of benzene rings is 1. The van der Waals surface area contributed by atoms with E-state index in [0.717, 1.165) is 16.0 Å². The van der Waals surface area contributed by atoms with Gasteiger partial charge >= 0.3 is 5.91 Å². The number of hydrogen-bond donors (Lipinski definition) is 0. The summed E-state index contributed by atoms with van der Waals surface area (Å²) in [4.78, 5) is 16.8. The normalized spacial score (nSPS) is 14.6. The van der Waals surface area contributed by atoms with Gasteiger partial charge in [0.15, 0.2) is 4.80 Å². The molecule has 3 rings (SSSR count). The van der Waals surface area contributed by atoms with E-state index < -0.39 is 5.91 Å². The van der Waals surface area contributed by atoms with Crippen LogP contribution in [0.25, 0.3) is 10.2 Å². The number of terminal acetylenes is 1. The van der Waals surface area contributed by atoms with Crippen LogP contribution in [0.15, 0.2) is 35.2 Å². The largest absolute Gasteiger partial charge is 0.497 e. The number of hydrogen-bond acceptors (Lipinski definition) is 5. The van der Waals surface area contributed by atoms with Crippen LogP contribution in [-0.4, -0.2) is 30.8 Å². The van der Waals surface area contributed by atoms with Crippen molar-refractivity contribution < 1.29 is 19.0 Å². The van der Waals surface area contributed by atoms with Gasteiger partial charge in [0.25, 0.3) is 0 Å². The highest BCUT2D eigenvalue weighted by Crippen LogP contribution is 2.23. The van der Waals surface area contributed by atoms with Gasteiger partial charge in [-0.2, -0.15) is 4.99 Å². The van der Waals surface area contributed by atoms with Crippen LogP contribution < -0.4 is 9.54 Å². The first-order valence-corrected chi connectivity index (χ1v) is 7.69. The highest BCUT2D eigenvalue weighted by atomic mass is 32.1. The number of aromatic nitrogens is 1. The van der Waals surface area contributed by atoms with Crippen molar-refractivity contribution in [1.82, 2.24) is 4.57 Å². The van der Waals surface area contributed by atoms with Crippen molar-refractivity contribution in [3.8, 4) is 18.1 Å². The Morgan fingerprint density at radius 1 is 1.52 bits per heavy atom. The topological polar surface area (TPSA) is 62.1 Å². The smallest absolute Gasteiger partial charge is 0.317 e. The second-order valence-electron chi connectivity index (χ2n) is 4.63. The van der Waals surface area contributed by atoms with E-state index in [9.17, 15) is 4.79 Å². The Hall–Kier alpha value is -2.72. The fourth-order valence-electron chi connectivity index (χ4n) is 2.13. The lowest BCUT2D eigenvalue weighted by molar-refractivity contribution is -0.119. The Kier molecular flexibility index (Phi) is 4.35. The Morgan fingerprint density at radius 3 is 3.09 bits per heavy atom. The van der Waals surface area contributed by atoms with Crippen molar-refractivity contribution in [3.05, 3.63) is 35.0 Å². The maximum absolute atomic E-state index is 12.2. The van der Waals surface area contributed by atoms with E-state index in [1.165, 1.54) is 17.6 Å². The van der Waals surface area contributed by atoms with Crippen LogP contribution >= 0.6 is 11.3 Å². The summed E-state index contributed by atoms with van der Waals surface area (Å²) >= 11 is 1.36. The molecule has 7 heteroatoms. The monoisotopic (exact) mass is 330 g/mol. The van der Waals surface area contributed by atoms with E-state index in [-0.39, 0.29) is 5.76 Å². The summed E-state index contributed by atoms with van der Waals surface area (Å²) in [6, 6.07) is 5.62. The molecule has 2 heterocycles. The molecule has 2 aromatic rings. The Bertz CT molecular complexity index is 886. The molecular weight excluding hydrogens is 316 g/mol. The third kappa shape index (κ3) is 3.07. The SMILES string of the molecule is C#CCn1c(=NC(=O)C2=COCCO2)sc2cc(OC)ccc21. The van der Waals surface area contributed by atoms with E-state index in [0.29, 0.717) is 24.6 Å². The fraction of sp³-hybridized carbons (Fsp3) is 0.250. The van der Waals surface area contributed by atoms with Crippen molar-refractivity contribution in [2.24, 2.45) is 4.99 Å². The highest BCUT2D eigenvalue weighted by molar-refractivity contribution is 7.16. The quantitative estimate of drug-likeness (QED) is 0.803. The first-order chi connectivity index (χ1) is 11.2. The number of ether oxygens (including phenoxy) is 3. The van der Waals surface area contributed by atoms with E-state index >= 15 is 0 Å². The zero-order chi connectivity index (χ0) is 16.2. The number of nitrogens with zero attached hydrogens (tertiary/aromatic N) is 2. The van der Waals surface area contributed by atoms with Crippen molar-refractivity contribution in [3.63, 3.8) is 0 Å². The summed E-state index contributed by atoms with van der Waals surface area (Å²) in [5.74, 6) is 2.92. The summed E-state index contributed by atoms with van der Waals surface area (Å²) in [5, 5.41) is 0. The van der Waals surface area contributed by atoms with Crippen LogP contribution in [0.3, 0.4) is 0 Å². The molecule has 6 nitrogen and oxygen atoms in total. The molecule has 1 aliphatic rings. The van der Waals surface area contributed by atoms with Gasteiger partial charge in [0.1, 0.15) is 25.2 Å². The van der Waals surface area contributed by atoms with Gasteiger partial charge in [-0.05, 0) is 18.2 Å². The Labute approximate surface area is 136 Å². The third-order valence-corrected chi connectivity index (χ3v) is 4.24. The van der Waals surface area contributed by atoms with E-state index in [4.69, 9.17) is 20.6 Å². The molecule has 0 saturated heterocycles. The highest BCUT2D eigenvalue weighted by Gasteiger charge is 2.15. The number of amides is 1. The van der Waals surface area contributed by atoms with Crippen molar-refractivity contribution >= 4 is 27.5 Å². The molecule has 118 valence electrons. The van der Waals surface area contributed by atoms with Crippen LogP contribution in [0.4, 0.5) is 0 Å². The molecule has 23 heavy (non-hydrogen) atoms. The predicted octanol–water partition coefficient (Wildman–Crippen LogP) is 1.66. The molecule has 0 saturated carbocycles. The van der Waals surface area contributed by atoms with Crippen LogP contribution in [0.1, 0.15) is 0 Å². The number of rotatable bonds is 3. The molecule has 1 amide bonds. The molecule has 0 fully saturated rings. The Balaban J connectivity index is 2.10. The zero-order valence-electron chi connectivity index (χ0n) is 12.4. The maximum atomic E-state index is 12.2. The van der Waals surface area contributed by atoms with Crippen molar-refractivity contribution in [2.45, 2.75) is 6.54 Å². The van der Waals surface area contributed by atoms with E-state index in [2.05, 4.69) is 10.9 Å². The van der Waals surface area contributed by atoms with E-state index in [1.807, 2.05) is 22.8 Å².